The minimum atomic E-state index is -3.51. The van der Waals surface area contributed by atoms with Gasteiger partial charge in [-0.1, -0.05) is 12.1 Å². The van der Waals surface area contributed by atoms with Gasteiger partial charge in [-0.15, -0.1) is 11.3 Å². The fourth-order valence-electron chi connectivity index (χ4n) is 2.97. The molecule has 0 bridgehead atoms. The molecule has 1 amide bonds. The van der Waals surface area contributed by atoms with Gasteiger partial charge in [0.15, 0.2) is 11.6 Å². The summed E-state index contributed by atoms with van der Waals surface area (Å²) >= 11 is 1.17. The summed E-state index contributed by atoms with van der Waals surface area (Å²) in [5.74, 6) is -0.526. The van der Waals surface area contributed by atoms with Gasteiger partial charge < -0.3 is 9.64 Å². The number of sulfonamides is 1. The number of hydrogen-bond donors (Lipinski definition) is 1. The van der Waals surface area contributed by atoms with Crippen LogP contribution in [0.15, 0.2) is 46.0 Å². The fourth-order valence-corrected chi connectivity index (χ4v) is 5.29. The molecule has 0 saturated carbocycles. The first-order chi connectivity index (χ1) is 13.4. The Morgan fingerprint density at radius 3 is 2.68 bits per heavy atom. The molecule has 0 aliphatic carbocycles. The summed E-state index contributed by atoms with van der Waals surface area (Å²) in [4.78, 5) is 14.0. The van der Waals surface area contributed by atoms with Gasteiger partial charge in [0.25, 0.3) is 0 Å². The molecule has 0 radical (unpaired) electrons. The first kappa shape index (κ1) is 20.5. The number of likely N-dealkylation sites (tertiary alicyclic amines) is 1. The van der Waals surface area contributed by atoms with Crippen LogP contribution >= 0.6 is 11.3 Å². The van der Waals surface area contributed by atoms with Gasteiger partial charge in [0.2, 0.25) is 15.9 Å². The third kappa shape index (κ3) is 4.98. The number of piperidine rings is 1. The summed E-state index contributed by atoms with van der Waals surface area (Å²) in [7, 11) is -2.11. The first-order valence-corrected chi connectivity index (χ1v) is 11.1. The molecule has 0 atom stereocenters. The maximum atomic E-state index is 13.7. The molecule has 9 heteroatoms. The molecular formula is C19H21FN2O4S2. The average molecular weight is 425 g/mol. The third-order valence-electron chi connectivity index (χ3n) is 4.48. The Labute approximate surface area is 167 Å². The van der Waals surface area contributed by atoms with Gasteiger partial charge in [-0.2, -0.15) is 0 Å². The Hall–Kier alpha value is -2.23. The highest BCUT2D eigenvalue weighted by molar-refractivity contribution is 7.91. The van der Waals surface area contributed by atoms with E-state index in [1.54, 1.807) is 34.6 Å². The van der Waals surface area contributed by atoms with E-state index in [2.05, 4.69) is 4.72 Å². The lowest BCUT2D eigenvalue weighted by Crippen LogP contribution is -2.46. The highest BCUT2D eigenvalue weighted by atomic mass is 32.2. The number of ether oxygens (including phenoxy) is 1. The normalized spacial score (nSPS) is 15.9. The smallest absolute Gasteiger partial charge is 0.250 e. The maximum Gasteiger partial charge on any atom is 0.250 e. The number of nitrogens with zero attached hydrogens (tertiary/aromatic N) is 1. The van der Waals surface area contributed by atoms with Crippen LogP contribution in [0.2, 0.25) is 0 Å². The molecule has 2 heterocycles. The Morgan fingerprint density at radius 1 is 1.32 bits per heavy atom. The molecule has 1 aliphatic heterocycles. The van der Waals surface area contributed by atoms with Crippen LogP contribution in [0.25, 0.3) is 6.08 Å². The number of hydrogen-bond acceptors (Lipinski definition) is 5. The molecular weight excluding hydrogens is 403 g/mol. The highest BCUT2D eigenvalue weighted by Gasteiger charge is 2.26. The van der Waals surface area contributed by atoms with Crippen LogP contribution < -0.4 is 9.46 Å². The summed E-state index contributed by atoms with van der Waals surface area (Å²) in [6.45, 7) is 0.912. The molecule has 1 aromatic heterocycles. The Balaban J connectivity index is 1.53. The van der Waals surface area contributed by atoms with Gasteiger partial charge in [-0.25, -0.2) is 17.5 Å². The number of carbonyl (C=O) groups excluding carboxylic acids is 1. The van der Waals surface area contributed by atoms with E-state index in [1.807, 2.05) is 0 Å². The lowest BCUT2D eigenvalue weighted by molar-refractivity contribution is -0.126. The molecule has 1 aromatic carbocycles. The van der Waals surface area contributed by atoms with E-state index in [9.17, 15) is 17.6 Å². The zero-order valence-electron chi connectivity index (χ0n) is 15.3. The number of benzene rings is 1. The summed E-state index contributed by atoms with van der Waals surface area (Å²) in [6, 6.07) is 7.53. The predicted molar refractivity (Wildman–Crippen MR) is 106 cm³/mol. The molecule has 0 spiro atoms. The van der Waals surface area contributed by atoms with Gasteiger partial charge in [-0.3, -0.25) is 4.79 Å². The second-order valence-corrected chi connectivity index (χ2v) is 9.27. The van der Waals surface area contributed by atoms with E-state index in [1.165, 1.54) is 36.7 Å². The fraction of sp³-hybridized carbons (Fsp3) is 0.316. The zero-order chi connectivity index (χ0) is 20.1. The van der Waals surface area contributed by atoms with Crippen molar-refractivity contribution < 1.29 is 22.3 Å². The van der Waals surface area contributed by atoms with Gasteiger partial charge in [-0.05, 0) is 48.1 Å². The van der Waals surface area contributed by atoms with Crippen molar-refractivity contribution in [3.8, 4) is 5.75 Å². The summed E-state index contributed by atoms with van der Waals surface area (Å²) in [6.07, 6.45) is 4.04. The van der Waals surface area contributed by atoms with Crippen molar-refractivity contribution in [2.75, 3.05) is 20.2 Å². The number of halogens is 1. The Morgan fingerprint density at radius 2 is 2.07 bits per heavy atom. The van der Waals surface area contributed by atoms with Crippen LogP contribution in [-0.2, 0) is 14.8 Å². The predicted octanol–water partition coefficient (Wildman–Crippen LogP) is 2.88. The third-order valence-corrected chi connectivity index (χ3v) is 7.40. The first-order valence-electron chi connectivity index (χ1n) is 8.75. The number of amides is 1. The number of carbonyl (C=O) groups is 1. The second-order valence-electron chi connectivity index (χ2n) is 6.38. The van der Waals surface area contributed by atoms with E-state index < -0.39 is 15.8 Å². The molecule has 1 N–H and O–H groups in total. The molecule has 0 unspecified atom stereocenters. The molecule has 1 aliphatic rings. The summed E-state index contributed by atoms with van der Waals surface area (Å²) < 4.78 is 46.1. The number of rotatable bonds is 6. The van der Waals surface area contributed by atoms with Crippen LogP contribution in [0, 0.1) is 5.82 Å². The van der Waals surface area contributed by atoms with Crippen LogP contribution in [-0.4, -0.2) is 45.5 Å². The van der Waals surface area contributed by atoms with E-state index in [4.69, 9.17) is 4.74 Å². The molecule has 150 valence electrons. The SMILES string of the molecule is COc1ccc(/C=C/C(=O)N2CCC(NS(=O)(=O)c3cccs3)CC2)cc1F. The van der Waals surface area contributed by atoms with E-state index in [0.29, 0.717) is 35.7 Å². The van der Waals surface area contributed by atoms with E-state index >= 15 is 0 Å². The van der Waals surface area contributed by atoms with Crippen molar-refractivity contribution in [3.63, 3.8) is 0 Å². The van der Waals surface area contributed by atoms with Crippen LogP contribution in [0.5, 0.6) is 5.75 Å². The Kier molecular flexibility index (Phi) is 6.48. The number of nitrogens with one attached hydrogen (secondary N) is 1. The molecule has 2 aromatic rings. The Bertz CT molecular complexity index is 950. The molecule has 28 heavy (non-hydrogen) atoms. The van der Waals surface area contributed by atoms with Crippen molar-refractivity contribution in [2.24, 2.45) is 0 Å². The minimum absolute atomic E-state index is 0.149. The summed E-state index contributed by atoms with van der Waals surface area (Å²) in [5.41, 5.74) is 0.560. The van der Waals surface area contributed by atoms with Crippen LogP contribution in [0.1, 0.15) is 18.4 Å². The molecule has 1 saturated heterocycles. The van der Waals surface area contributed by atoms with Gasteiger partial charge in [0.05, 0.1) is 7.11 Å². The lowest BCUT2D eigenvalue weighted by Gasteiger charge is -2.31. The number of methoxy groups -OCH3 is 1. The van der Waals surface area contributed by atoms with Crippen LogP contribution in [0.4, 0.5) is 4.39 Å². The number of thiophene rings is 1. The van der Waals surface area contributed by atoms with Crippen molar-refractivity contribution in [1.82, 2.24) is 9.62 Å². The van der Waals surface area contributed by atoms with Crippen molar-refractivity contribution in [2.45, 2.75) is 23.1 Å². The largest absolute Gasteiger partial charge is 0.494 e. The standard InChI is InChI=1S/C19H21FN2O4S2/c1-26-17-6-4-14(13-16(17)20)5-7-18(23)22-10-8-15(9-11-22)21-28(24,25)19-3-2-12-27-19/h2-7,12-13,15,21H,8-11H2,1H3/b7-5+. The van der Waals surface area contributed by atoms with E-state index in [0.717, 1.165) is 0 Å². The summed E-state index contributed by atoms with van der Waals surface area (Å²) in [5, 5.41) is 1.72. The molecule has 1 fully saturated rings. The van der Waals surface area contributed by atoms with Gasteiger partial charge >= 0.3 is 0 Å². The van der Waals surface area contributed by atoms with E-state index in [-0.39, 0.29) is 17.7 Å². The molecule has 3 rings (SSSR count). The zero-order valence-corrected chi connectivity index (χ0v) is 16.9. The quantitative estimate of drug-likeness (QED) is 0.724. The average Bonchev–Trinajstić information content (AvgIpc) is 3.22. The highest BCUT2D eigenvalue weighted by Crippen LogP contribution is 2.20. The topological polar surface area (TPSA) is 75.7 Å². The maximum absolute atomic E-state index is 13.7. The minimum Gasteiger partial charge on any atom is -0.494 e. The van der Waals surface area contributed by atoms with Gasteiger partial charge in [0.1, 0.15) is 4.21 Å². The van der Waals surface area contributed by atoms with Crippen molar-refractivity contribution in [3.05, 3.63) is 53.2 Å². The van der Waals surface area contributed by atoms with Gasteiger partial charge in [0, 0.05) is 25.2 Å². The monoisotopic (exact) mass is 424 g/mol. The van der Waals surface area contributed by atoms with Crippen molar-refractivity contribution >= 4 is 33.3 Å². The molecule has 6 nitrogen and oxygen atoms in total. The lowest BCUT2D eigenvalue weighted by atomic mass is 10.1. The van der Waals surface area contributed by atoms with Crippen molar-refractivity contribution in [1.29, 1.82) is 0 Å². The van der Waals surface area contributed by atoms with Crippen LogP contribution in [0.3, 0.4) is 0 Å². The second kappa shape index (κ2) is 8.85.